The SMILES string of the molecule is CC1CCC(c2nc3c4c(ncc3[nH]2)CC=C4)CC1. The van der Waals surface area contributed by atoms with Crippen LogP contribution in [0.3, 0.4) is 0 Å². The van der Waals surface area contributed by atoms with Gasteiger partial charge in [0.05, 0.1) is 22.9 Å². The number of aromatic amines is 1. The van der Waals surface area contributed by atoms with Crippen LogP contribution in [0.25, 0.3) is 17.1 Å². The fourth-order valence-electron chi connectivity index (χ4n) is 3.41. The fraction of sp³-hybridized carbons (Fsp3) is 0.500. The van der Waals surface area contributed by atoms with E-state index in [1.807, 2.05) is 6.20 Å². The minimum Gasteiger partial charge on any atom is -0.340 e. The molecule has 0 unspecified atom stereocenters. The van der Waals surface area contributed by atoms with Crippen LogP contribution in [0, 0.1) is 5.92 Å². The zero-order valence-electron chi connectivity index (χ0n) is 11.3. The van der Waals surface area contributed by atoms with Crippen molar-refractivity contribution in [2.24, 2.45) is 5.92 Å². The molecule has 2 aliphatic carbocycles. The first-order chi connectivity index (χ1) is 9.31. The summed E-state index contributed by atoms with van der Waals surface area (Å²) in [5.41, 5.74) is 4.61. The Morgan fingerprint density at radius 1 is 1.21 bits per heavy atom. The molecule has 0 spiro atoms. The smallest absolute Gasteiger partial charge is 0.110 e. The highest BCUT2D eigenvalue weighted by molar-refractivity contribution is 5.86. The Morgan fingerprint density at radius 3 is 2.89 bits per heavy atom. The quantitative estimate of drug-likeness (QED) is 0.839. The van der Waals surface area contributed by atoms with E-state index in [4.69, 9.17) is 4.98 Å². The van der Waals surface area contributed by atoms with Gasteiger partial charge in [-0.3, -0.25) is 4.98 Å². The number of nitrogens with zero attached hydrogens (tertiary/aromatic N) is 2. The molecule has 0 amide bonds. The molecule has 0 aliphatic heterocycles. The number of fused-ring (bicyclic) bond motifs is 3. The standard InChI is InChI=1S/C16H19N3/c1-10-5-7-11(8-6-10)16-18-14-9-17-13-4-2-3-12(13)15(14)19-16/h2-3,9-11H,4-8H2,1H3,(H,18,19). The zero-order valence-corrected chi connectivity index (χ0v) is 11.3. The van der Waals surface area contributed by atoms with E-state index in [0.29, 0.717) is 5.92 Å². The van der Waals surface area contributed by atoms with Gasteiger partial charge < -0.3 is 4.98 Å². The molecule has 0 aromatic carbocycles. The first-order valence-electron chi connectivity index (χ1n) is 7.35. The Morgan fingerprint density at radius 2 is 2.05 bits per heavy atom. The number of rotatable bonds is 1. The number of imidazole rings is 1. The molecular formula is C16H19N3. The molecule has 4 rings (SSSR count). The Bertz CT molecular complexity index is 645. The maximum atomic E-state index is 4.89. The first-order valence-corrected chi connectivity index (χ1v) is 7.35. The molecule has 1 saturated carbocycles. The minimum absolute atomic E-state index is 0.615. The summed E-state index contributed by atoms with van der Waals surface area (Å²) in [6.07, 6.45) is 12.4. The number of nitrogens with one attached hydrogen (secondary N) is 1. The molecule has 0 saturated heterocycles. The molecule has 3 heteroatoms. The van der Waals surface area contributed by atoms with Crippen LogP contribution in [-0.4, -0.2) is 15.0 Å². The van der Waals surface area contributed by atoms with Gasteiger partial charge in [0.1, 0.15) is 5.82 Å². The van der Waals surface area contributed by atoms with E-state index in [1.54, 1.807) is 0 Å². The molecule has 3 nitrogen and oxygen atoms in total. The van der Waals surface area contributed by atoms with Crippen molar-refractivity contribution < 1.29 is 0 Å². The lowest BCUT2D eigenvalue weighted by Crippen LogP contribution is -2.11. The van der Waals surface area contributed by atoms with Crippen LogP contribution in [0.1, 0.15) is 55.6 Å². The van der Waals surface area contributed by atoms with Gasteiger partial charge in [0.25, 0.3) is 0 Å². The molecule has 98 valence electrons. The first kappa shape index (κ1) is 11.2. The lowest BCUT2D eigenvalue weighted by atomic mass is 9.83. The summed E-state index contributed by atoms with van der Waals surface area (Å²) in [5, 5.41) is 0. The van der Waals surface area contributed by atoms with E-state index in [9.17, 15) is 0 Å². The van der Waals surface area contributed by atoms with Gasteiger partial charge >= 0.3 is 0 Å². The third-order valence-corrected chi connectivity index (χ3v) is 4.66. The van der Waals surface area contributed by atoms with Gasteiger partial charge in [-0.05, 0) is 18.8 Å². The maximum absolute atomic E-state index is 4.89. The van der Waals surface area contributed by atoms with E-state index in [0.717, 1.165) is 23.4 Å². The predicted octanol–water partition coefficient (Wildman–Crippen LogP) is 3.82. The summed E-state index contributed by atoms with van der Waals surface area (Å²) >= 11 is 0. The number of H-pyrrole nitrogens is 1. The number of pyridine rings is 1. The molecule has 2 aliphatic rings. The average Bonchev–Trinajstić information content (AvgIpc) is 3.04. The average molecular weight is 253 g/mol. The van der Waals surface area contributed by atoms with E-state index in [1.165, 1.54) is 42.8 Å². The van der Waals surface area contributed by atoms with Gasteiger partial charge in [-0.2, -0.15) is 0 Å². The highest BCUT2D eigenvalue weighted by Crippen LogP contribution is 2.35. The van der Waals surface area contributed by atoms with E-state index in [-0.39, 0.29) is 0 Å². The van der Waals surface area contributed by atoms with Gasteiger partial charge in [0.2, 0.25) is 0 Å². The third-order valence-electron chi connectivity index (χ3n) is 4.66. The van der Waals surface area contributed by atoms with Crippen LogP contribution >= 0.6 is 0 Å². The molecule has 0 bridgehead atoms. The topological polar surface area (TPSA) is 41.6 Å². The van der Waals surface area contributed by atoms with Crippen molar-refractivity contribution in [3.63, 3.8) is 0 Å². The summed E-state index contributed by atoms with van der Waals surface area (Å²) in [6.45, 7) is 2.36. The van der Waals surface area contributed by atoms with Crippen molar-refractivity contribution in [2.75, 3.05) is 0 Å². The van der Waals surface area contributed by atoms with Gasteiger partial charge in [-0.25, -0.2) is 4.98 Å². The molecule has 19 heavy (non-hydrogen) atoms. The summed E-state index contributed by atoms with van der Waals surface area (Å²) in [7, 11) is 0. The van der Waals surface area contributed by atoms with Crippen molar-refractivity contribution in [3.05, 3.63) is 29.4 Å². The van der Waals surface area contributed by atoms with Crippen molar-refractivity contribution >= 4 is 17.1 Å². The highest BCUT2D eigenvalue weighted by atomic mass is 14.9. The van der Waals surface area contributed by atoms with Crippen LogP contribution in [-0.2, 0) is 6.42 Å². The third kappa shape index (κ3) is 1.79. The number of aromatic nitrogens is 3. The van der Waals surface area contributed by atoms with Crippen LogP contribution in [0.4, 0.5) is 0 Å². The van der Waals surface area contributed by atoms with Crippen molar-refractivity contribution in [1.82, 2.24) is 15.0 Å². The molecular weight excluding hydrogens is 234 g/mol. The Labute approximate surface area is 113 Å². The van der Waals surface area contributed by atoms with Gasteiger partial charge in [-0.1, -0.05) is 31.9 Å². The maximum Gasteiger partial charge on any atom is 0.110 e. The van der Waals surface area contributed by atoms with E-state index >= 15 is 0 Å². The summed E-state index contributed by atoms with van der Waals surface area (Å²) < 4.78 is 0. The number of hydrogen-bond acceptors (Lipinski definition) is 2. The van der Waals surface area contributed by atoms with Crippen LogP contribution in [0.2, 0.25) is 0 Å². The predicted molar refractivity (Wildman–Crippen MR) is 77.0 cm³/mol. The second-order valence-electron chi connectivity index (χ2n) is 6.07. The van der Waals surface area contributed by atoms with E-state index in [2.05, 4.69) is 29.0 Å². The van der Waals surface area contributed by atoms with Crippen molar-refractivity contribution in [3.8, 4) is 0 Å². The minimum atomic E-state index is 0.615. The molecule has 0 radical (unpaired) electrons. The van der Waals surface area contributed by atoms with Crippen LogP contribution < -0.4 is 0 Å². The monoisotopic (exact) mass is 253 g/mol. The summed E-state index contributed by atoms with van der Waals surface area (Å²) in [6, 6.07) is 0. The largest absolute Gasteiger partial charge is 0.340 e. The van der Waals surface area contributed by atoms with Gasteiger partial charge in [0, 0.05) is 17.9 Å². The van der Waals surface area contributed by atoms with Gasteiger partial charge in [0.15, 0.2) is 0 Å². The molecule has 0 atom stereocenters. The Balaban J connectivity index is 1.74. The second kappa shape index (κ2) is 4.19. The molecule has 2 aromatic heterocycles. The lowest BCUT2D eigenvalue weighted by molar-refractivity contribution is 0.341. The highest BCUT2D eigenvalue weighted by Gasteiger charge is 2.23. The summed E-state index contributed by atoms with van der Waals surface area (Å²) in [4.78, 5) is 12.9. The van der Waals surface area contributed by atoms with Gasteiger partial charge in [-0.15, -0.1) is 0 Å². The molecule has 1 N–H and O–H groups in total. The number of allylic oxidation sites excluding steroid dienone is 1. The Kier molecular flexibility index (Phi) is 2.47. The number of hydrogen-bond donors (Lipinski definition) is 1. The van der Waals surface area contributed by atoms with Crippen molar-refractivity contribution in [1.29, 1.82) is 0 Å². The fourth-order valence-corrected chi connectivity index (χ4v) is 3.41. The Hall–Kier alpha value is -1.64. The van der Waals surface area contributed by atoms with Crippen LogP contribution in [0.5, 0.6) is 0 Å². The zero-order chi connectivity index (χ0) is 12.8. The summed E-state index contributed by atoms with van der Waals surface area (Å²) in [5.74, 6) is 2.68. The van der Waals surface area contributed by atoms with Crippen LogP contribution in [0.15, 0.2) is 12.3 Å². The normalized spacial score (nSPS) is 25.9. The lowest BCUT2D eigenvalue weighted by Gasteiger charge is -2.24. The second-order valence-corrected chi connectivity index (χ2v) is 6.07. The molecule has 2 heterocycles. The molecule has 2 aromatic rings. The van der Waals surface area contributed by atoms with Crippen molar-refractivity contribution in [2.45, 2.75) is 44.9 Å². The molecule has 1 fully saturated rings. The van der Waals surface area contributed by atoms with E-state index < -0.39 is 0 Å².